The fraction of sp³-hybridized carbons (Fsp3) is 0.176. The summed E-state index contributed by atoms with van der Waals surface area (Å²) in [5.41, 5.74) is -0.277. The lowest BCUT2D eigenvalue weighted by atomic mass is 10.2. The molecule has 28 heavy (non-hydrogen) atoms. The Bertz CT molecular complexity index is 825. The molecule has 0 radical (unpaired) electrons. The predicted molar refractivity (Wildman–Crippen MR) is 80.9 cm³/mol. The van der Waals surface area contributed by atoms with E-state index in [1.54, 1.807) is 0 Å². The molecular weight excluding hydrogens is 398 g/mol. The monoisotopic (exact) mass is 408 g/mol. The molecule has 0 saturated heterocycles. The number of benzene rings is 2. The SMILES string of the molecule is O=C(OCC(F)(F)F)c1ccc(OC(=O)c2ccc(OC(F)(F)F)cc2)cc1. The van der Waals surface area contributed by atoms with Gasteiger partial charge >= 0.3 is 24.5 Å². The Morgan fingerprint density at radius 2 is 1.18 bits per heavy atom. The lowest BCUT2D eigenvalue weighted by molar-refractivity contribution is -0.274. The van der Waals surface area contributed by atoms with Crippen LogP contribution in [0.1, 0.15) is 20.7 Å². The molecule has 2 aromatic rings. The molecule has 0 heterocycles. The number of hydrogen-bond acceptors (Lipinski definition) is 5. The third-order valence-electron chi connectivity index (χ3n) is 2.99. The highest BCUT2D eigenvalue weighted by Crippen LogP contribution is 2.23. The van der Waals surface area contributed by atoms with Crippen molar-refractivity contribution in [2.24, 2.45) is 0 Å². The van der Waals surface area contributed by atoms with Crippen molar-refractivity contribution in [3.8, 4) is 11.5 Å². The molecule has 0 aromatic heterocycles. The third kappa shape index (κ3) is 6.82. The molecule has 2 aromatic carbocycles. The largest absolute Gasteiger partial charge is 0.573 e. The first-order valence-corrected chi connectivity index (χ1v) is 7.35. The molecule has 0 spiro atoms. The average molecular weight is 408 g/mol. The summed E-state index contributed by atoms with van der Waals surface area (Å²) in [7, 11) is 0. The van der Waals surface area contributed by atoms with Gasteiger partial charge in [-0.1, -0.05) is 0 Å². The zero-order valence-corrected chi connectivity index (χ0v) is 13.6. The van der Waals surface area contributed by atoms with E-state index in [1.165, 1.54) is 0 Å². The topological polar surface area (TPSA) is 61.8 Å². The number of carbonyl (C=O) groups excluding carboxylic acids is 2. The van der Waals surface area contributed by atoms with E-state index in [-0.39, 0.29) is 16.9 Å². The second-order valence-corrected chi connectivity index (χ2v) is 5.18. The van der Waals surface area contributed by atoms with Crippen LogP contribution in [0.15, 0.2) is 48.5 Å². The molecule has 0 aliphatic rings. The van der Waals surface area contributed by atoms with Gasteiger partial charge in [0.15, 0.2) is 6.61 Å². The lowest BCUT2D eigenvalue weighted by Gasteiger charge is -2.10. The minimum Gasteiger partial charge on any atom is -0.452 e. The van der Waals surface area contributed by atoms with Crippen LogP contribution in [0.25, 0.3) is 0 Å². The highest BCUT2D eigenvalue weighted by atomic mass is 19.4. The Kier molecular flexibility index (Phi) is 6.16. The summed E-state index contributed by atoms with van der Waals surface area (Å²) in [5, 5.41) is 0. The fourth-order valence-corrected chi connectivity index (χ4v) is 1.85. The van der Waals surface area contributed by atoms with Gasteiger partial charge in [0, 0.05) is 0 Å². The third-order valence-corrected chi connectivity index (χ3v) is 2.99. The van der Waals surface area contributed by atoms with Crippen LogP contribution >= 0.6 is 0 Å². The quantitative estimate of drug-likeness (QED) is 0.414. The summed E-state index contributed by atoms with van der Waals surface area (Å²) in [6.07, 6.45) is -9.53. The van der Waals surface area contributed by atoms with Gasteiger partial charge in [0.25, 0.3) is 0 Å². The Morgan fingerprint density at radius 3 is 1.64 bits per heavy atom. The molecule has 0 saturated carbocycles. The smallest absolute Gasteiger partial charge is 0.452 e. The van der Waals surface area contributed by atoms with E-state index in [1.807, 2.05) is 0 Å². The number of rotatable bonds is 5. The van der Waals surface area contributed by atoms with E-state index in [4.69, 9.17) is 4.74 Å². The summed E-state index contributed by atoms with van der Waals surface area (Å²) in [6.45, 7) is -1.74. The second kappa shape index (κ2) is 8.19. The molecular formula is C17H10F6O5. The highest BCUT2D eigenvalue weighted by Gasteiger charge is 2.31. The number of esters is 2. The molecule has 0 fully saturated rings. The number of ether oxygens (including phenoxy) is 3. The summed E-state index contributed by atoms with van der Waals surface area (Å²) >= 11 is 0. The van der Waals surface area contributed by atoms with Crippen molar-refractivity contribution in [3.05, 3.63) is 59.7 Å². The fourth-order valence-electron chi connectivity index (χ4n) is 1.85. The van der Waals surface area contributed by atoms with Crippen molar-refractivity contribution in [1.29, 1.82) is 0 Å². The van der Waals surface area contributed by atoms with Crippen molar-refractivity contribution < 1.29 is 50.1 Å². The summed E-state index contributed by atoms with van der Waals surface area (Å²) in [5.74, 6) is -2.69. The van der Waals surface area contributed by atoms with E-state index in [0.717, 1.165) is 48.5 Å². The Balaban J connectivity index is 1.96. The highest BCUT2D eigenvalue weighted by molar-refractivity contribution is 5.92. The van der Waals surface area contributed by atoms with Crippen LogP contribution in [-0.2, 0) is 4.74 Å². The minimum atomic E-state index is -4.87. The van der Waals surface area contributed by atoms with Crippen molar-refractivity contribution in [1.82, 2.24) is 0 Å². The van der Waals surface area contributed by atoms with Gasteiger partial charge in [-0.2, -0.15) is 13.2 Å². The van der Waals surface area contributed by atoms with E-state index in [0.29, 0.717) is 0 Å². The molecule has 150 valence electrons. The van der Waals surface area contributed by atoms with Crippen LogP contribution in [0.5, 0.6) is 11.5 Å². The zero-order valence-electron chi connectivity index (χ0n) is 13.6. The van der Waals surface area contributed by atoms with Gasteiger partial charge < -0.3 is 14.2 Å². The molecule has 0 amide bonds. The number of halogens is 6. The van der Waals surface area contributed by atoms with Crippen LogP contribution in [0.4, 0.5) is 26.3 Å². The van der Waals surface area contributed by atoms with Crippen molar-refractivity contribution in [2.75, 3.05) is 6.61 Å². The van der Waals surface area contributed by atoms with Gasteiger partial charge in [-0.25, -0.2) is 9.59 Å². The molecule has 11 heteroatoms. The number of alkyl halides is 6. The van der Waals surface area contributed by atoms with Crippen LogP contribution in [0.2, 0.25) is 0 Å². The normalized spacial score (nSPS) is 11.6. The van der Waals surface area contributed by atoms with E-state index in [9.17, 15) is 35.9 Å². The molecule has 0 N–H and O–H groups in total. The summed E-state index contributed by atoms with van der Waals surface area (Å²) in [6, 6.07) is 8.39. The molecule has 0 bridgehead atoms. The first-order valence-electron chi connectivity index (χ1n) is 7.35. The Labute approximate surface area is 153 Å². The van der Waals surface area contributed by atoms with Crippen LogP contribution in [0, 0.1) is 0 Å². The molecule has 0 atom stereocenters. The van der Waals surface area contributed by atoms with Crippen molar-refractivity contribution in [3.63, 3.8) is 0 Å². The number of hydrogen-bond donors (Lipinski definition) is 0. The molecule has 0 aliphatic carbocycles. The molecule has 5 nitrogen and oxygen atoms in total. The molecule has 2 rings (SSSR count). The van der Waals surface area contributed by atoms with E-state index < -0.39 is 36.8 Å². The van der Waals surface area contributed by atoms with E-state index >= 15 is 0 Å². The van der Waals surface area contributed by atoms with Gasteiger partial charge in [0.05, 0.1) is 11.1 Å². The maximum atomic E-state index is 12.1. The van der Waals surface area contributed by atoms with Gasteiger partial charge in [-0.3, -0.25) is 0 Å². The van der Waals surface area contributed by atoms with Gasteiger partial charge in [-0.15, -0.1) is 13.2 Å². The summed E-state index contributed by atoms with van der Waals surface area (Å²) < 4.78 is 85.0. The van der Waals surface area contributed by atoms with Gasteiger partial charge in [0.1, 0.15) is 11.5 Å². The summed E-state index contributed by atoms with van der Waals surface area (Å²) in [4.78, 5) is 23.4. The molecule has 0 aliphatic heterocycles. The van der Waals surface area contributed by atoms with Crippen LogP contribution in [0.3, 0.4) is 0 Å². The van der Waals surface area contributed by atoms with Gasteiger partial charge in [-0.05, 0) is 48.5 Å². The van der Waals surface area contributed by atoms with Crippen molar-refractivity contribution >= 4 is 11.9 Å². The zero-order chi connectivity index (χ0) is 20.9. The Morgan fingerprint density at radius 1 is 0.714 bits per heavy atom. The van der Waals surface area contributed by atoms with E-state index in [2.05, 4.69) is 9.47 Å². The maximum Gasteiger partial charge on any atom is 0.573 e. The first kappa shape index (κ1) is 21.1. The van der Waals surface area contributed by atoms with Crippen molar-refractivity contribution in [2.45, 2.75) is 12.5 Å². The van der Waals surface area contributed by atoms with Crippen LogP contribution < -0.4 is 9.47 Å². The maximum absolute atomic E-state index is 12.1. The predicted octanol–water partition coefficient (Wildman–Crippen LogP) is 4.52. The first-order chi connectivity index (χ1) is 12.9. The lowest BCUT2D eigenvalue weighted by Crippen LogP contribution is -2.20. The van der Waals surface area contributed by atoms with Crippen LogP contribution in [-0.4, -0.2) is 31.1 Å². The second-order valence-electron chi connectivity index (χ2n) is 5.18. The van der Waals surface area contributed by atoms with Gasteiger partial charge in [0.2, 0.25) is 0 Å². The molecule has 0 unspecified atom stereocenters. The standard InChI is InChI=1S/C17H10F6O5/c18-16(19,20)9-26-14(24)10-1-5-12(6-2-10)27-15(25)11-3-7-13(8-4-11)28-17(21,22)23/h1-8H,9H2. The minimum absolute atomic E-state index is 0.0482. The number of carbonyl (C=O) groups is 2. The average Bonchev–Trinajstić information content (AvgIpc) is 2.59. The Hall–Kier alpha value is -3.24.